The summed E-state index contributed by atoms with van der Waals surface area (Å²) >= 11 is 7.24. The van der Waals surface area contributed by atoms with Gasteiger partial charge >= 0.3 is 11.9 Å². The van der Waals surface area contributed by atoms with Gasteiger partial charge in [-0.05, 0) is 6.92 Å². The Balaban J connectivity index is 1.61. The Kier molecular flexibility index (Phi) is 6.18. The molecule has 29 heavy (non-hydrogen) atoms. The van der Waals surface area contributed by atoms with Gasteiger partial charge in [0.05, 0.1) is 10.7 Å². The lowest BCUT2D eigenvalue weighted by atomic mass is 10.0. The van der Waals surface area contributed by atoms with Crippen molar-refractivity contribution in [2.75, 3.05) is 12.4 Å². The van der Waals surface area contributed by atoms with Crippen LogP contribution in [0.2, 0.25) is 5.02 Å². The summed E-state index contributed by atoms with van der Waals surface area (Å²) in [4.78, 5) is 48.5. The van der Waals surface area contributed by atoms with Gasteiger partial charge in [-0.15, -0.1) is 11.8 Å². The minimum absolute atomic E-state index is 0.0952. The average molecular weight is 443 g/mol. The highest BCUT2D eigenvalue weighted by Crippen LogP contribution is 2.40. The number of nitrogens with one attached hydrogen (secondary N) is 1. The quantitative estimate of drug-likeness (QED) is 0.462. The van der Waals surface area contributed by atoms with Crippen LogP contribution in [0.4, 0.5) is 0 Å². The van der Waals surface area contributed by atoms with Gasteiger partial charge in [0.25, 0.3) is 5.91 Å². The number of ether oxygens (including phenoxy) is 1. The predicted octanol–water partition coefficient (Wildman–Crippen LogP) is 0.537. The average Bonchev–Trinajstić information content (AvgIpc) is 2.99. The first-order chi connectivity index (χ1) is 13.7. The van der Waals surface area contributed by atoms with E-state index in [1.807, 2.05) is 0 Å². The van der Waals surface area contributed by atoms with Gasteiger partial charge < -0.3 is 15.2 Å². The summed E-state index contributed by atoms with van der Waals surface area (Å²) in [6.07, 6.45) is 1.71. The molecule has 12 heteroatoms. The van der Waals surface area contributed by atoms with Crippen LogP contribution in [0.5, 0.6) is 0 Å². The summed E-state index contributed by atoms with van der Waals surface area (Å²) < 4.78 is 6.43. The van der Waals surface area contributed by atoms with Gasteiger partial charge in [-0.25, -0.2) is 4.79 Å². The molecule has 1 aromatic rings. The fraction of sp³-hybridized carbons (Fsp3) is 0.471. The van der Waals surface area contributed by atoms with E-state index in [1.165, 1.54) is 18.7 Å². The number of halogens is 1. The number of thioether (sulfide) groups is 1. The third-order valence-corrected chi connectivity index (χ3v) is 6.18. The zero-order chi connectivity index (χ0) is 21.3. The number of rotatable bonds is 7. The summed E-state index contributed by atoms with van der Waals surface area (Å²) in [6, 6.07) is -0.805. The van der Waals surface area contributed by atoms with Crippen LogP contribution in [-0.2, 0) is 30.5 Å². The van der Waals surface area contributed by atoms with E-state index in [9.17, 15) is 24.3 Å². The molecule has 2 aliphatic heterocycles. The Morgan fingerprint density at radius 3 is 2.76 bits per heavy atom. The number of carbonyl (C=O) groups excluding carboxylic acids is 3. The highest BCUT2D eigenvalue weighted by atomic mass is 35.5. The van der Waals surface area contributed by atoms with Crippen LogP contribution in [0.25, 0.3) is 0 Å². The van der Waals surface area contributed by atoms with Crippen LogP contribution < -0.4 is 5.32 Å². The standard InChI is InChI=1S/C17H19ClN4O6S/c1-8-11(18)5-21(20-8)4-3-12(24)19-13-15(25)22-14(17(26)27)10(6-28-9(2)23)7-29-16(13)22/h5,13,16H,3-4,6-7H2,1-2H3,(H,19,24)(H,26,27)/t13-,16+/m1/s1. The number of carbonyl (C=O) groups is 4. The maximum absolute atomic E-state index is 12.5. The van der Waals surface area contributed by atoms with Crippen molar-refractivity contribution in [3.8, 4) is 0 Å². The van der Waals surface area contributed by atoms with E-state index in [2.05, 4.69) is 10.4 Å². The third kappa shape index (κ3) is 4.40. The Labute approximate surface area is 175 Å². The minimum Gasteiger partial charge on any atom is -0.477 e. The molecular weight excluding hydrogens is 424 g/mol. The molecule has 0 spiro atoms. The molecule has 2 N–H and O–H groups in total. The number of carboxylic acids is 1. The van der Waals surface area contributed by atoms with E-state index in [0.29, 0.717) is 22.8 Å². The van der Waals surface area contributed by atoms with Crippen LogP contribution in [0.15, 0.2) is 17.5 Å². The largest absolute Gasteiger partial charge is 0.477 e. The molecule has 0 aliphatic carbocycles. The van der Waals surface area contributed by atoms with E-state index in [0.717, 1.165) is 4.90 Å². The molecule has 10 nitrogen and oxygen atoms in total. The molecule has 1 saturated heterocycles. The number of β-lactam (4-membered cyclic amide) rings is 1. The monoisotopic (exact) mass is 442 g/mol. The van der Waals surface area contributed by atoms with Crippen LogP contribution in [0.3, 0.4) is 0 Å². The van der Waals surface area contributed by atoms with E-state index in [-0.39, 0.29) is 30.4 Å². The second-order valence-electron chi connectivity index (χ2n) is 6.57. The fourth-order valence-corrected chi connectivity index (χ4v) is 4.53. The van der Waals surface area contributed by atoms with Gasteiger partial charge in [0, 0.05) is 37.4 Å². The van der Waals surface area contributed by atoms with E-state index >= 15 is 0 Å². The number of aromatic nitrogens is 2. The van der Waals surface area contributed by atoms with Crippen molar-refractivity contribution in [3.63, 3.8) is 0 Å². The van der Waals surface area contributed by atoms with Gasteiger partial charge in [0.1, 0.15) is 23.7 Å². The fourth-order valence-electron chi connectivity index (χ4n) is 3.05. The lowest BCUT2D eigenvalue weighted by molar-refractivity contribution is -0.151. The predicted molar refractivity (Wildman–Crippen MR) is 103 cm³/mol. The minimum atomic E-state index is -1.28. The summed E-state index contributed by atoms with van der Waals surface area (Å²) in [6.45, 7) is 3.08. The molecule has 2 aliphatic rings. The van der Waals surface area contributed by atoms with E-state index in [4.69, 9.17) is 16.3 Å². The van der Waals surface area contributed by atoms with Crippen LogP contribution in [0, 0.1) is 6.92 Å². The maximum atomic E-state index is 12.5. The molecule has 1 aromatic heterocycles. The number of nitrogens with zero attached hydrogens (tertiary/aromatic N) is 3. The van der Waals surface area contributed by atoms with Crippen molar-refractivity contribution in [2.45, 2.75) is 38.2 Å². The molecule has 0 aromatic carbocycles. The van der Waals surface area contributed by atoms with Gasteiger partial charge in [-0.3, -0.25) is 24.0 Å². The first kappa shape index (κ1) is 21.2. The Bertz CT molecular complexity index is 894. The highest BCUT2D eigenvalue weighted by Gasteiger charge is 2.54. The topological polar surface area (TPSA) is 131 Å². The Morgan fingerprint density at radius 1 is 1.45 bits per heavy atom. The van der Waals surface area contributed by atoms with Crippen LogP contribution >= 0.6 is 23.4 Å². The summed E-state index contributed by atoms with van der Waals surface area (Å²) in [7, 11) is 0. The first-order valence-corrected chi connectivity index (χ1v) is 10.1. The van der Waals surface area contributed by atoms with Gasteiger partial charge in [0.15, 0.2) is 0 Å². The molecule has 0 unspecified atom stereocenters. The Morgan fingerprint density at radius 2 is 2.17 bits per heavy atom. The second-order valence-corrected chi connectivity index (χ2v) is 8.08. The first-order valence-electron chi connectivity index (χ1n) is 8.71. The van der Waals surface area contributed by atoms with Gasteiger partial charge in [-0.1, -0.05) is 11.6 Å². The number of carboxylic acid groups (broad SMARTS) is 1. The van der Waals surface area contributed by atoms with E-state index < -0.39 is 29.3 Å². The van der Waals surface area contributed by atoms with Crippen LogP contribution in [-0.4, -0.2) is 67.3 Å². The zero-order valence-electron chi connectivity index (χ0n) is 15.7. The second kappa shape index (κ2) is 8.46. The summed E-state index contributed by atoms with van der Waals surface area (Å²) in [5.41, 5.74) is 0.818. The lowest BCUT2D eigenvalue weighted by Crippen LogP contribution is -2.70. The smallest absolute Gasteiger partial charge is 0.352 e. The molecule has 3 heterocycles. The van der Waals surface area contributed by atoms with Crippen molar-refractivity contribution in [1.29, 1.82) is 0 Å². The molecule has 2 atom stereocenters. The molecule has 2 amide bonds. The molecule has 1 fully saturated rings. The molecule has 0 radical (unpaired) electrons. The van der Waals surface area contributed by atoms with Crippen molar-refractivity contribution in [3.05, 3.63) is 28.2 Å². The van der Waals surface area contributed by atoms with Crippen molar-refractivity contribution in [2.24, 2.45) is 0 Å². The summed E-state index contributed by atoms with van der Waals surface area (Å²) in [5, 5.41) is 16.3. The van der Waals surface area contributed by atoms with Crippen molar-refractivity contribution < 1.29 is 29.0 Å². The molecule has 0 bridgehead atoms. The van der Waals surface area contributed by atoms with E-state index in [1.54, 1.807) is 17.8 Å². The highest BCUT2D eigenvalue weighted by molar-refractivity contribution is 8.00. The zero-order valence-corrected chi connectivity index (χ0v) is 17.2. The number of aliphatic carboxylic acids is 1. The molecule has 156 valence electrons. The molecular formula is C17H19ClN4O6S. The SMILES string of the molecule is CC(=O)OCC1=C(C(=O)O)N2C(=O)[C@@H](NC(=O)CCn3cc(Cl)c(C)n3)[C@@H]2SC1. The number of esters is 1. The molecule has 3 rings (SSSR count). The maximum Gasteiger partial charge on any atom is 0.352 e. The van der Waals surface area contributed by atoms with Crippen molar-refractivity contribution >= 4 is 47.1 Å². The van der Waals surface area contributed by atoms with Crippen molar-refractivity contribution in [1.82, 2.24) is 20.0 Å². The number of aryl methyl sites for hydroxylation is 2. The third-order valence-electron chi connectivity index (χ3n) is 4.47. The number of fused-ring (bicyclic) bond motifs is 1. The lowest BCUT2D eigenvalue weighted by Gasteiger charge is -2.49. The van der Waals surface area contributed by atoms with Gasteiger partial charge in [-0.2, -0.15) is 5.10 Å². The number of amides is 2. The van der Waals surface area contributed by atoms with Gasteiger partial charge in [0.2, 0.25) is 5.91 Å². The van der Waals surface area contributed by atoms with Crippen LogP contribution in [0.1, 0.15) is 19.0 Å². The normalized spacial score (nSPS) is 20.8. The number of hydrogen-bond acceptors (Lipinski definition) is 7. The summed E-state index contributed by atoms with van der Waals surface area (Å²) in [5.74, 6) is -2.39. The number of hydrogen-bond donors (Lipinski definition) is 2. The Hall–Kier alpha value is -2.53. The molecule has 0 saturated carbocycles.